The summed E-state index contributed by atoms with van der Waals surface area (Å²) in [4.78, 5) is 12.2. The molecule has 0 aliphatic carbocycles. The predicted octanol–water partition coefficient (Wildman–Crippen LogP) is 3.44. The third-order valence-electron chi connectivity index (χ3n) is 3.32. The van der Waals surface area contributed by atoms with E-state index in [9.17, 15) is 22.0 Å². The summed E-state index contributed by atoms with van der Waals surface area (Å²) in [5.74, 6) is -2.92. The van der Waals surface area contributed by atoms with Gasteiger partial charge in [-0.2, -0.15) is 0 Å². The number of halogens is 3. The van der Waals surface area contributed by atoms with Crippen LogP contribution in [0.4, 0.5) is 20.2 Å². The maximum atomic E-state index is 13.4. The van der Waals surface area contributed by atoms with Gasteiger partial charge in [-0.25, -0.2) is 17.2 Å². The van der Waals surface area contributed by atoms with Crippen LogP contribution >= 0.6 is 15.9 Å². The Morgan fingerprint density at radius 1 is 1.16 bits per heavy atom. The molecule has 0 fully saturated rings. The fraction of sp³-hybridized carbons (Fsp3) is 0.188. The van der Waals surface area contributed by atoms with E-state index in [1.54, 1.807) is 18.2 Å². The number of anilines is 2. The third kappa shape index (κ3) is 4.99. The molecule has 2 aromatic carbocycles. The third-order valence-corrected chi connectivity index (χ3v) is 5.35. The van der Waals surface area contributed by atoms with Crippen molar-refractivity contribution in [3.63, 3.8) is 0 Å². The number of carbonyl (C=O) groups is 1. The highest BCUT2D eigenvalue weighted by atomic mass is 79.9. The Bertz CT molecular complexity index is 920. The van der Waals surface area contributed by atoms with E-state index < -0.39 is 34.1 Å². The molecule has 1 amide bonds. The second-order valence-corrected chi connectivity index (χ2v) is 8.14. The molecule has 25 heavy (non-hydrogen) atoms. The molecule has 0 aromatic heterocycles. The van der Waals surface area contributed by atoms with E-state index in [4.69, 9.17) is 0 Å². The Kier molecular flexibility index (Phi) is 5.79. The Hall–Kier alpha value is -2.00. The molecule has 1 N–H and O–H groups in total. The molecule has 0 saturated carbocycles. The highest BCUT2D eigenvalue weighted by Gasteiger charge is 2.22. The average Bonchev–Trinajstić information content (AvgIpc) is 2.50. The van der Waals surface area contributed by atoms with E-state index in [0.717, 1.165) is 34.5 Å². The van der Waals surface area contributed by atoms with Crippen LogP contribution in [0.5, 0.6) is 0 Å². The first-order valence-corrected chi connectivity index (χ1v) is 9.71. The molecule has 0 atom stereocenters. The molecule has 134 valence electrons. The molecular weight excluding hydrogens is 418 g/mol. The molecule has 9 heteroatoms. The molecular formula is C16H15BrF2N2O3S. The number of benzene rings is 2. The van der Waals surface area contributed by atoms with E-state index in [-0.39, 0.29) is 5.69 Å². The van der Waals surface area contributed by atoms with Gasteiger partial charge >= 0.3 is 0 Å². The van der Waals surface area contributed by atoms with Crippen LogP contribution in [0.15, 0.2) is 40.9 Å². The Morgan fingerprint density at radius 2 is 1.84 bits per heavy atom. The lowest BCUT2D eigenvalue weighted by atomic mass is 10.2. The zero-order chi connectivity index (χ0) is 18.8. The summed E-state index contributed by atoms with van der Waals surface area (Å²) in [5.41, 5.74) is 1.24. The first-order chi connectivity index (χ1) is 11.6. The van der Waals surface area contributed by atoms with Crippen LogP contribution in [0.1, 0.15) is 5.56 Å². The van der Waals surface area contributed by atoms with Crippen molar-refractivity contribution in [1.29, 1.82) is 0 Å². The zero-order valence-corrected chi connectivity index (χ0v) is 15.8. The second kappa shape index (κ2) is 7.49. The fourth-order valence-corrected chi connectivity index (χ4v) is 3.19. The van der Waals surface area contributed by atoms with Crippen LogP contribution in [0, 0.1) is 18.6 Å². The summed E-state index contributed by atoms with van der Waals surface area (Å²) in [6.45, 7) is 1.27. The molecule has 0 radical (unpaired) electrons. The maximum Gasteiger partial charge on any atom is 0.245 e. The van der Waals surface area contributed by atoms with Crippen molar-refractivity contribution < 1.29 is 22.0 Å². The largest absolute Gasteiger partial charge is 0.325 e. The first-order valence-electron chi connectivity index (χ1n) is 7.06. The topological polar surface area (TPSA) is 66.5 Å². The Balaban J connectivity index is 2.23. The van der Waals surface area contributed by atoms with Gasteiger partial charge in [0.2, 0.25) is 15.9 Å². The standard InChI is InChI=1S/C16H15BrF2N2O3S/c1-10-7-11(3-5-13(10)17)20-16(22)9-21(25(2,23)24)12-4-6-14(18)15(19)8-12/h3-8H,9H2,1-2H3,(H,20,22). The number of hydrogen-bond donors (Lipinski definition) is 1. The van der Waals surface area contributed by atoms with E-state index >= 15 is 0 Å². The average molecular weight is 433 g/mol. The molecule has 0 aliphatic heterocycles. The molecule has 0 heterocycles. The van der Waals surface area contributed by atoms with Gasteiger partial charge in [-0.1, -0.05) is 15.9 Å². The molecule has 0 unspecified atom stereocenters. The van der Waals surface area contributed by atoms with Gasteiger partial charge < -0.3 is 5.32 Å². The number of aryl methyl sites for hydroxylation is 1. The summed E-state index contributed by atoms with van der Waals surface area (Å²) in [5, 5.41) is 2.57. The van der Waals surface area contributed by atoms with Crippen LogP contribution in [0.3, 0.4) is 0 Å². The van der Waals surface area contributed by atoms with Gasteiger partial charge in [-0.3, -0.25) is 9.10 Å². The van der Waals surface area contributed by atoms with Crippen molar-refractivity contribution in [3.8, 4) is 0 Å². The number of sulfonamides is 1. The predicted molar refractivity (Wildman–Crippen MR) is 96.1 cm³/mol. The lowest BCUT2D eigenvalue weighted by Crippen LogP contribution is -2.37. The van der Waals surface area contributed by atoms with Crippen molar-refractivity contribution in [2.45, 2.75) is 6.92 Å². The molecule has 2 rings (SSSR count). The molecule has 5 nitrogen and oxygen atoms in total. The highest BCUT2D eigenvalue weighted by Crippen LogP contribution is 2.22. The molecule has 2 aromatic rings. The minimum atomic E-state index is -3.87. The summed E-state index contributed by atoms with van der Waals surface area (Å²) in [6, 6.07) is 7.74. The van der Waals surface area contributed by atoms with E-state index in [2.05, 4.69) is 21.2 Å². The number of nitrogens with zero attached hydrogens (tertiary/aromatic N) is 1. The van der Waals surface area contributed by atoms with Crippen LogP contribution in [0.25, 0.3) is 0 Å². The summed E-state index contributed by atoms with van der Waals surface area (Å²) < 4.78 is 51.9. The highest BCUT2D eigenvalue weighted by molar-refractivity contribution is 9.10. The number of rotatable bonds is 5. The van der Waals surface area contributed by atoms with Crippen molar-refractivity contribution in [2.24, 2.45) is 0 Å². The SMILES string of the molecule is Cc1cc(NC(=O)CN(c2ccc(F)c(F)c2)S(C)(=O)=O)ccc1Br. The number of carbonyl (C=O) groups excluding carboxylic acids is 1. The molecule has 0 spiro atoms. The van der Waals surface area contributed by atoms with Crippen molar-refractivity contribution in [3.05, 3.63) is 58.1 Å². The molecule has 0 bridgehead atoms. The van der Waals surface area contributed by atoms with Gasteiger partial charge in [0.15, 0.2) is 11.6 Å². The summed E-state index contributed by atoms with van der Waals surface area (Å²) >= 11 is 3.34. The van der Waals surface area contributed by atoms with Crippen LogP contribution < -0.4 is 9.62 Å². The van der Waals surface area contributed by atoms with E-state index in [0.29, 0.717) is 9.99 Å². The van der Waals surface area contributed by atoms with E-state index in [1.165, 1.54) is 0 Å². The zero-order valence-electron chi connectivity index (χ0n) is 13.4. The monoisotopic (exact) mass is 432 g/mol. The smallest absolute Gasteiger partial charge is 0.245 e. The van der Waals surface area contributed by atoms with Gasteiger partial charge in [-0.05, 0) is 42.8 Å². The quantitative estimate of drug-likeness (QED) is 0.786. The van der Waals surface area contributed by atoms with Gasteiger partial charge in [0.1, 0.15) is 6.54 Å². The molecule has 0 aliphatic rings. The Labute approximate surface area is 152 Å². The van der Waals surface area contributed by atoms with Crippen molar-refractivity contribution in [1.82, 2.24) is 0 Å². The lowest BCUT2D eigenvalue weighted by Gasteiger charge is -2.22. The second-order valence-electron chi connectivity index (χ2n) is 5.38. The molecule has 0 saturated heterocycles. The summed E-state index contributed by atoms with van der Waals surface area (Å²) in [6.07, 6.45) is 0.880. The number of hydrogen-bond acceptors (Lipinski definition) is 3. The van der Waals surface area contributed by atoms with Crippen LogP contribution in [0.2, 0.25) is 0 Å². The van der Waals surface area contributed by atoms with Gasteiger partial charge in [0.25, 0.3) is 0 Å². The first kappa shape index (κ1) is 19.3. The fourth-order valence-electron chi connectivity index (χ4n) is 2.09. The van der Waals surface area contributed by atoms with Crippen molar-refractivity contribution in [2.75, 3.05) is 22.4 Å². The van der Waals surface area contributed by atoms with Gasteiger partial charge in [0.05, 0.1) is 11.9 Å². The lowest BCUT2D eigenvalue weighted by molar-refractivity contribution is -0.114. The van der Waals surface area contributed by atoms with Crippen molar-refractivity contribution >= 4 is 43.2 Å². The minimum absolute atomic E-state index is 0.136. The van der Waals surface area contributed by atoms with Crippen LogP contribution in [-0.2, 0) is 14.8 Å². The summed E-state index contributed by atoms with van der Waals surface area (Å²) in [7, 11) is -3.87. The number of nitrogens with one attached hydrogen (secondary N) is 1. The normalized spacial score (nSPS) is 11.2. The van der Waals surface area contributed by atoms with Crippen LogP contribution in [-0.4, -0.2) is 27.1 Å². The van der Waals surface area contributed by atoms with Gasteiger partial charge in [-0.15, -0.1) is 0 Å². The maximum absolute atomic E-state index is 13.4. The van der Waals surface area contributed by atoms with Gasteiger partial charge in [0, 0.05) is 16.2 Å². The number of amides is 1. The van der Waals surface area contributed by atoms with E-state index in [1.807, 2.05) is 6.92 Å². The Morgan fingerprint density at radius 3 is 2.40 bits per heavy atom. The minimum Gasteiger partial charge on any atom is -0.325 e.